The van der Waals surface area contributed by atoms with Crippen molar-refractivity contribution in [2.24, 2.45) is 16.5 Å². The van der Waals surface area contributed by atoms with E-state index in [1.807, 2.05) is 36.4 Å². The van der Waals surface area contributed by atoms with E-state index in [2.05, 4.69) is 33.5 Å². The quantitative estimate of drug-likeness (QED) is 0.0578. The highest BCUT2D eigenvalue weighted by molar-refractivity contribution is 6.04. The Balaban J connectivity index is 0.000000245. The second kappa shape index (κ2) is 12.9. The number of aromatic nitrogens is 1. The predicted octanol–water partition coefficient (Wildman–Crippen LogP) is 3.78. The number of aromatic hydroxyl groups is 1. The topological polar surface area (TPSA) is 276 Å². The number of nitrogens with one attached hydrogen (secondary N) is 2. The first-order valence-electron chi connectivity index (χ1n) is 12.7. The highest BCUT2D eigenvalue weighted by Crippen LogP contribution is 2.39. The highest BCUT2D eigenvalue weighted by atomic mass is 16.6. The number of nitro benzene ring substituents is 3. The standard InChI is InChI=1S/C22H19N5O2.C6H3N3O7/c23-22(24)27-21(29)19-10-9-18(26-19)20(28)25-12-17-15-7-3-1-5-13(15)11-14-6-2-4-8-16(14)17;10-6-4(8(13)14)1-3(7(11)12)2-5(6)9(15)16/h1-11,26H,12H2,(H,25,28)(H4,23,24,27,29);1-2,10H. The Labute approximate surface area is 251 Å². The lowest BCUT2D eigenvalue weighted by molar-refractivity contribution is -0.404. The van der Waals surface area contributed by atoms with Crippen LogP contribution in [0.15, 0.2) is 83.9 Å². The van der Waals surface area contributed by atoms with E-state index in [0.717, 1.165) is 27.1 Å². The number of nitro groups is 3. The number of carbonyl (C=O) groups excluding carboxylic acids is 2. The number of non-ortho nitro benzene ring substituents is 1. The van der Waals surface area contributed by atoms with Crippen LogP contribution in [0.25, 0.3) is 21.5 Å². The van der Waals surface area contributed by atoms with Gasteiger partial charge >= 0.3 is 11.4 Å². The number of H-pyrrole nitrogens is 1. The van der Waals surface area contributed by atoms with E-state index in [4.69, 9.17) is 16.6 Å². The minimum atomic E-state index is -1.21. The first-order chi connectivity index (χ1) is 21.4. The Morgan fingerprint density at radius 1 is 0.778 bits per heavy atom. The summed E-state index contributed by atoms with van der Waals surface area (Å²) < 4.78 is 0. The van der Waals surface area contributed by atoms with Crippen LogP contribution >= 0.6 is 0 Å². The molecule has 0 radical (unpaired) electrons. The van der Waals surface area contributed by atoms with Gasteiger partial charge in [0.05, 0.1) is 26.9 Å². The van der Waals surface area contributed by atoms with E-state index in [1.54, 1.807) is 0 Å². The molecule has 7 N–H and O–H groups in total. The van der Waals surface area contributed by atoms with Crippen molar-refractivity contribution in [3.05, 3.63) is 126 Å². The van der Waals surface area contributed by atoms with Gasteiger partial charge in [0, 0.05) is 6.54 Å². The zero-order valence-electron chi connectivity index (χ0n) is 22.9. The fourth-order valence-electron chi connectivity index (χ4n) is 4.37. The molecule has 0 atom stereocenters. The zero-order valence-corrected chi connectivity index (χ0v) is 22.9. The molecule has 5 rings (SSSR count). The van der Waals surface area contributed by atoms with Crippen LogP contribution in [0.1, 0.15) is 26.5 Å². The van der Waals surface area contributed by atoms with Gasteiger partial charge in [-0.2, -0.15) is 4.99 Å². The first-order valence-corrected chi connectivity index (χ1v) is 12.7. The van der Waals surface area contributed by atoms with Crippen LogP contribution in [0.2, 0.25) is 0 Å². The molecular formula is C28H22N8O9. The third kappa shape index (κ3) is 6.95. The molecule has 5 aromatic rings. The summed E-state index contributed by atoms with van der Waals surface area (Å²) >= 11 is 0. The van der Waals surface area contributed by atoms with Gasteiger partial charge in [0.1, 0.15) is 11.4 Å². The second-order valence-corrected chi connectivity index (χ2v) is 9.21. The first kappa shape index (κ1) is 31.0. The molecule has 0 aliphatic carbocycles. The summed E-state index contributed by atoms with van der Waals surface area (Å²) in [6, 6.07) is 22.2. The molecule has 0 saturated carbocycles. The van der Waals surface area contributed by atoms with E-state index < -0.39 is 43.5 Å². The molecule has 17 nitrogen and oxygen atoms in total. The fourth-order valence-corrected chi connectivity index (χ4v) is 4.37. The summed E-state index contributed by atoms with van der Waals surface area (Å²) in [6.07, 6.45) is 0. The molecule has 1 heterocycles. The number of hydrogen-bond acceptors (Lipinski definition) is 9. The molecule has 0 bridgehead atoms. The van der Waals surface area contributed by atoms with Gasteiger partial charge in [-0.15, -0.1) is 0 Å². The van der Waals surface area contributed by atoms with Crippen molar-refractivity contribution in [3.8, 4) is 5.75 Å². The summed E-state index contributed by atoms with van der Waals surface area (Å²) in [4.78, 5) is 58.4. The van der Waals surface area contributed by atoms with Crippen LogP contribution in [0.5, 0.6) is 5.75 Å². The fraction of sp³-hybridized carbons (Fsp3) is 0.0357. The van der Waals surface area contributed by atoms with Crippen molar-refractivity contribution >= 4 is 56.4 Å². The predicted molar refractivity (Wildman–Crippen MR) is 162 cm³/mol. The van der Waals surface area contributed by atoms with Gasteiger partial charge < -0.3 is 26.9 Å². The number of aromatic amines is 1. The maximum Gasteiger partial charge on any atom is 0.324 e. The van der Waals surface area contributed by atoms with Gasteiger partial charge in [-0.05, 0) is 45.3 Å². The number of amides is 2. The van der Waals surface area contributed by atoms with Crippen LogP contribution in [0, 0.1) is 30.3 Å². The van der Waals surface area contributed by atoms with Crippen LogP contribution in [0.4, 0.5) is 17.1 Å². The lowest BCUT2D eigenvalue weighted by Crippen LogP contribution is -2.25. The normalized spacial score (nSPS) is 10.4. The summed E-state index contributed by atoms with van der Waals surface area (Å²) in [5.74, 6) is -2.51. The smallest absolute Gasteiger partial charge is 0.324 e. The second-order valence-electron chi connectivity index (χ2n) is 9.21. The molecule has 0 aliphatic heterocycles. The molecule has 0 fully saturated rings. The number of nitrogens with two attached hydrogens (primary N) is 2. The highest BCUT2D eigenvalue weighted by Gasteiger charge is 2.30. The largest absolute Gasteiger partial charge is 0.497 e. The molecular weight excluding hydrogens is 592 g/mol. The van der Waals surface area contributed by atoms with Crippen LogP contribution < -0.4 is 16.8 Å². The number of rotatable bonds is 7. The molecule has 0 saturated heterocycles. The van der Waals surface area contributed by atoms with Crippen LogP contribution in [0.3, 0.4) is 0 Å². The van der Waals surface area contributed by atoms with E-state index in [1.165, 1.54) is 12.1 Å². The number of nitrogens with zero attached hydrogens (tertiary/aromatic N) is 4. The zero-order chi connectivity index (χ0) is 32.8. The lowest BCUT2D eigenvalue weighted by Gasteiger charge is -2.12. The monoisotopic (exact) mass is 614 g/mol. The maximum absolute atomic E-state index is 12.6. The molecule has 2 amide bonds. The van der Waals surface area contributed by atoms with Gasteiger partial charge in [-0.3, -0.25) is 39.9 Å². The van der Waals surface area contributed by atoms with E-state index in [-0.39, 0.29) is 23.3 Å². The Hall–Kier alpha value is -6.91. The number of phenolic OH excluding ortho intramolecular Hbond substituents is 1. The van der Waals surface area contributed by atoms with E-state index in [0.29, 0.717) is 18.7 Å². The molecule has 4 aromatic carbocycles. The van der Waals surface area contributed by atoms with Crippen molar-refractivity contribution in [1.29, 1.82) is 0 Å². The van der Waals surface area contributed by atoms with Gasteiger partial charge in [0.2, 0.25) is 0 Å². The average Bonchev–Trinajstić information content (AvgIpc) is 3.50. The van der Waals surface area contributed by atoms with Crippen molar-refractivity contribution in [2.75, 3.05) is 0 Å². The van der Waals surface area contributed by atoms with Crippen molar-refractivity contribution in [1.82, 2.24) is 10.3 Å². The number of fused-ring (bicyclic) bond motifs is 2. The molecule has 45 heavy (non-hydrogen) atoms. The SMILES string of the molecule is NC(N)=NC(=O)c1ccc(C(=O)NCc2c3ccccc3cc3ccccc23)[nH]1.O=[N+]([O-])c1cc([N+](=O)[O-])c(O)c([N+](=O)[O-])c1. The van der Waals surface area contributed by atoms with Gasteiger partial charge in [0.25, 0.3) is 23.3 Å². The Morgan fingerprint density at radius 2 is 1.29 bits per heavy atom. The van der Waals surface area contributed by atoms with Crippen molar-refractivity contribution in [3.63, 3.8) is 0 Å². The maximum atomic E-state index is 12.6. The van der Waals surface area contributed by atoms with Gasteiger partial charge in [-0.1, -0.05) is 48.5 Å². The van der Waals surface area contributed by atoms with E-state index in [9.17, 15) is 39.9 Å². The minimum absolute atomic E-state index is 0.138. The summed E-state index contributed by atoms with van der Waals surface area (Å²) in [7, 11) is 0. The number of carbonyl (C=O) groups is 2. The van der Waals surface area contributed by atoms with Gasteiger partial charge in [0.15, 0.2) is 5.96 Å². The number of phenols is 1. The summed E-state index contributed by atoms with van der Waals surface area (Å²) in [5.41, 5.74) is 8.86. The Morgan fingerprint density at radius 3 is 1.78 bits per heavy atom. The third-order valence-corrected chi connectivity index (χ3v) is 6.36. The van der Waals surface area contributed by atoms with Crippen LogP contribution in [-0.2, 0) is 6.54 Å². The van der Waals surface area contributed by atoms with Crippen LogP contribution in [-0.4, -0.2) is 42.6 Å². The molecule has 228 valence electrons. The lowest BCUT2D eigenvalue weighted by atomic mass is 9.97. The van der Waals surface area contributed by atoms with E-state index >= 15 is 0 Å². The van der Waals surface area contributed by atoms with Gasteiger partial charge in [-0.25, -0.2) is 0 Å². The number of aliphatic imine (C=N–C) groups is 1. The Bertz CT molecular complexity index is 1940. The molecule has 0 unspecified atom stereocenters. The average molecular weight is 615 g/mol. The molecule has 17 heteroatoms. The number of hydrogen-bond donors (Lipinski definition) is 5. The molecule has 0 spiro atoms. The number of guanidine groups is 1. The third-order valence-electron chi connectivity index (χ3n) is 6.36. The minimum Gasteiger partial charge on any atom is -0.497 e. The molecule has 0 aliphatic rings. The summed E-state index contributed by atoms with van der Waals surface area (Å²) in [5, 5.41) is 47.5. The summed E-state index contributed by atoms with van der Waals surface area (Å²) in [6.45, 7) is 0.344. The molecule has 1 aromatic heterocycles. The Kier molecular flexibility index (Phi) is 8.93. The van der Waals surface area contributed by atoms with Crippen molar-refractivity contribution < 1.29 is 29.5 Å². The van der Waals surface area contributed by atoms with Crippen molar-refractivity contribution in [2.45, 2.75) is 6.54 Å². The number of benzene rings is 4.